The summed E-state index contributed by atoms with van der Waals surface area (Å²) in [4.78, 5) is 24.3. The number of aliphatic hydroxyl groups is 1. The van der Waals surface area contributed by atoms with Gasteiger partial charge in [0, 0.05) is 11.7 Å². The maximum absolute atomic E-state index is 12.3. The molecule has 0 unspecified atom stereocenters. The van der Waals surface area contributed by atoms with E-state index in [1.54, 1.807) is 31.4 Å². The second-order valence-corrected chi connectivity index (χ2v) is 7.39. The van der Waals surface area contributed by atoms with Crippen LogP contribution in [0, 0.1) is 0 Å². The fourth-order valence-electron chi connectivity index (χ4n) is 3.50. The number of amides is 3. The number of carbonyl (C=O) groups excluding carboxylic acids is 2. The number of carbonyl (C=O) groups is 2. The van der Waals surface area contributed by atoms with E-state index in [0.29, 0.717) is 30.3 Å². The van der Waals surface area contributed by atoms with Crippen LogP contribution in [0.3, 0.4) is 0 Å². The summed E-state index contributed by atoms with van der Waals surface area (Å²) in [5.74, 6) is 0.703. The minimum absolute atomic E-state index is 0.00459. The molecule has 1 saturated carbocycles. The van der Waals surface area contributed by atoms with Crippen LogP contribution in [0.4, 0.5) is 10.5 Å². The van der Waals surface area contributed by atoms with Gasteiger partial charge in [-0.05, 0) is 56.4 Å². The molecule has 2 fully saturated rings. The molecule has 8 nitrogen and oxygen atoms in total. The van der Waals surface area contributed by atoms with Crippen LogP contribution in [0.25, 0.3) is 0 Å². The number of hydrogen-bond acceptors (Lipinski definition) is 5. The van der Waals surface area contributed by atoms with E-state index in [1.807, 2.05) is 0 Å². The number of anilines is 1. The van der Waals surface area contributed by atoms with Crippen molar-refractivity contribution >= 4 is 17.6 Å². The number of rotatable bonds is 7. The van der Waals surface area contributed by atoms with E-state index in [0.717, 1.165) is 12.8 Å². The fourth-order valence-corrected chi connectivity index (χ4v) is 3.50. The average Bonchev–Trinajstić information content (AvgIpc) is 2.66. The Morgan fingerprint density at radius 1 is 1.14 bits per heavy atom. The maximum atomic E-state index is 12.3. The van der Waals surface area contributed by atoms with E-state index in [1.165, 1.54) is 6.42 Å². The van der Waals surface area contributed by atoms with Gasteiger partial charge in [0.1, 0.15) is 11.9 Å². The SMILES string of the molecule is COc1ccc(NC(=O)N[C@@H]2CC[C@@H](CC(=O)NC3CCC3)O[C@@H]2CO)cc1. The smallest absolute Gasteiger partial charge is 0.319 e. The minimum Gasteiger partial charge on any atom is -0.497 e. The van der Waals surface area contributed by atoms with Crippen molar-refractivity contribution in [3.63, 3.8) is 0 Å². The number of benzene rings is 1. The average molecular weight is 391 g/mol. The number of methoxy groups -OCH3 is 1. The van der Waals surface area contributed by atoms with Crippen molar-refractivity contribution in [2.45, 2.75) is 62.8 Å². The number of nitrogens with one attached hydrogen (secondary N) is 3. The summed E-state index contributed by atoms with van der Waals surface area (Å²) in [6, 6.07) is 6.64. The lowest BCUT2D eigenvalue weighted by Crippen LogP contribution is -2.52. The molecule has 1 saturated heterocycles. The van der Waals surface area contributed by atoms with Crippen LogP contribution in [-0.2, 0) is 9.53 Å². The van der Waals surface area contributed by atoms with Crippen molar-refractivity contribution in [2.24, 2.45) is 0 Å². The highest BCUT2D eigenvalue weighted by Crippen LogP contribution is 2.23. The van der Waals surface area contributed by atoms with Crippen molar-refractivity contribution < 1.29 is 24.2 Å². The Morgan fingerprint density at radius 3 is 2.50 bits per heavy atom. The number of hydrogen-bond donors (Lipinski definition) is 4. The van der Waals surface area contributed by atoms with E-state index < -0.39 is 6.10 Å². The summed E-state index contributed by atoms with van der Waals surface area (Å²) < 4.78 is 11.0. The van der Waals surface area contributed by atoms with E-state index >= 15 is 0 Å². The summed E-state index contributed by atoms with van der Waals surface area (Å²) in [7, 11) is 1.58. The normalized spacial score (nSPS) is 24.7. The molecule has 1 aliphatic heterocycles. The molecule has 0 spiro atoms. The zero-order chi connectivity index (χ0) is 19.9. The van der Waals surface area contributed by atoms with Crippen LogP contribution in [0.1, 0.15) is 38.5 Å². The molecule has 1 heterocycles. The highest BCUT2D eigenvalue weighted by atomic mass is 16.5. The van der Waals surface area contributed by atoms with Gasteiger partial charge in [-0.15, -0.1) is 0 Å². The van der Waals surface area contributed by atoms with Gasteiger partial charge in [-0.1, -0.05) is 0 Å². The Bertz CT molecular complexity index is 662. The van der Waals surface area contributed by atoms with Crippen LogP contribution in [-0.4, -0.2) is 55.1 Å². The monoisotopic (exact) mass is 391 g/mol. The number of urea groups is 1. The minimum atomic E-state index is -0.531. The number of ether oxygens (including phenoxy) is 2. The Hall–Kier alpha value is -2.32. The summed E-state index contributed by atoms with van der Waals surface area (Å²) in [5, 5.41) is 18.3. The Kier molecular flexibility index (Phi) is 7.11. The van der Waals surface area contributed by atoms with Crippen molar-refractivity contribution in [3.8, 4) is 5.75 Å². The van der Waals surface area contributed by atoms with Crippen LogP contribution < -0.4 is 20.7 Å². The lowest BCUT2D eigenvalue weighted by atomic mass is 9.92. The molecule has 2 aliphatic rings. The molecule has 1 aliphatic carbocycles. The zero-order valence-corrected chi connectivity index (χ0v) is 16.1. The zero-order valence-electron chi connectivity index (χ0n) is 16.1. The first-order valence-corrected chi connectivity index (χ1v) is 9.84. The van der Waals surface area contributed by atoms with Gasteiger partial charge < -0.3 is 30.5 Å². The number of aliphatic hydroxyl groups excluding tert-OH is 1. The first-order chi connectivity index (χ1) is 13.6. The van der Waals surface area contributed by atoms with Gasteiger partial charge in [0.05, 0.1) is 32.3 Å². The molecule has 0 radical (unpaired) electrons. The van der Waals surface area contributed by atoms with Gasteiger partial charge in [0.2, 0.25) is 5.91 Å². The molecular formula is C20H29N3O5. The molecule has 8 heteroatoms. The van der Waals surface area contributed by atoms with Crippen molar-refractivity contribution in [1.82, 2.24) is 10.6 Å². The molecule has 0 aromatic heterocycles. The van der Waals surface area contributed by atoms with Gasteiger partial charge in [0.15, 0.2) is 0 Å². The Balaban J connectivity index is 1.45. The highest BCUT2D eigenvalue weighted by Gasteiger charge is 2.33. The lowest BCUT2D eigenvalue weighted by molar-refractivity contribution is -0.131. The van der Waals surface area contributed by atoms with Crippen LogP contribution in [0.2, 0.25) is 0 Å². The molecular weight excluding hydrogens is 362 g/mol. The fraction of sp³-hybridized carbons (Fsp3) is 0.600. The van der Waals surface area contributed by atoms with E-state index in [2.05, 4.69) is 16.0 Å². The molecule has 3 atom stereocenters. The Labute approximate surface area is 165 Å². The Morgan fingerprint density at radius 2 is 1.89 bits per heavy atom. The van der Waals surface area contributed by atoms with Gasteiger partial charge in [-0.25, -0.2) is 4.79 Å². The summed E-state index contributed by atoms with van der Waals surface area (Å²) in [6.07, 6.45) is 4.08. The van der Waals surface area contributed by atoms with Gasteiger partial charge in [-0.2, -0.15) is 0 Å². The molecule has 4 N–H and O–H groups in total. The van der Waals surface area contributed by atoms with E-state index in [9.17, 15) is 14.7 Å². The predicted molar refractivity (Wildman–Crippen MR) is 104 cm³/mol. The van der Waals surface area contributed by atoms with Gasteiger partial charge in [0.25, 0.3) is 0 Å². The summed E-state index contributed by atoms with van der Waals surface area (Å²) in [6.45, 7) is -0.214. The highest BCUT2D eigenvalue weighted by molar-refractivity contribution is 5.89. The van der Waals surface area contributed by atoms with E-state index in [-0.39, 0.29) is 37.1 Å². The van der Waals surface area contributed by atoms with Crippen LogP contribution >= 0.6 is 0 Å². The van der Waals surface area contributed by atoms with Crippen molar-refractivity contribution in [3.05, 3.63) is 24.3 Å². The maximum Gasteiger partial charge on any atom is 0.319 e. The lowest BCUT2D eigenvalue weighted by Gasteiger charge is -2.36. The second kappa shape index (κ2) is 9.75. The first-order valence-electron chi connectivity index (χ1n) is 9.84. The summed E-state index contributed by atoms with van der Waals surface area (Å²) in [5.41, 5.74) is 0.640. The van der Waals surface area contributed by atoms with Gasteiger partial charge >= 0.3 is 6.03 Å². The quantitative estimate of drug-likeness (QED) is 0.567. The summed E-state index contributed by atoms with van der Waals surface area (Å²) >= 11 is 0. The predicted octanol–water partition coefficient (Wildman–Crippen LogP) is 1.78. The largest absolute Gasteiger partial charge is 0.497 e. The topological polar surface area (TPSA) is 109 Å². The molecule has 1 aromatic rings. The third-order valence-corrected chi connectivity index (χ3v) is 5.34. The van der Waals surface area contributed by atoms with E-state index in [4.69, 9.17) is 9.47 Å². The van der Waals surface area contributed by atoms with Crippen molar-refractivity contribution in [1.29, 1.82) is 0 Å². The molecule has 154 valence electrons. The van der Waals surface area contributed by atoms with Crippen LogP contribution in [0.15, 0.2) is 24.3 Å². The standard InChI is InChI=1S/C20H29N3O5/c1-27-15-7-5-14(6-8-15)22-20(26)23-17-10-9-16(28-18(17)12-24)11-19(25)21-13-3-2-4-13/h5-8,13,16-18,24H,2-4,9-12H2,1H3,(H,21,25)(H2,22,23,26)/t16-,17+,18+/m0/s1. The van der Waals surface area contributed by atoms with Crippen LogP contribution in [0.5, 0.6) is 5.75 Å². The van der Waals surface area contributed by atoms with Crippen molar-refractivity contribution in [2.75, 3.05) is 19.0 Å². The first kappa shape index (κ1) is 20.4. The third-order valence-electron chi connectivity index (χ3n) is 5.34. The molecule has 3 rings (SSSR count). The molecule has 28 heavy (non-hydrogen) atoms. The van der Waals surface area contributed by atoms with Gasteiger partial charge in [-0.3, -0.25) is 4.79 Å². The third kappa shape index (κ3) is 5.59. The molecule has 0 bridgehead atoms. The molecule has 1 aromatic carbocycles. The molecule has 3 amide bonds. The second-order valence-electron chi connectivity index (χ2n) is 7.39.